The molecule has 1 aliphatic carbocycles. The summed E-state index contributed by atoms with van der Waals surface area (Å²) in [6.07, 6.45) is 6.46. The predicted molar refractivity (Wildman–Crippen MR) is 125 cm³/mol. The van der Waals surface area contributed by atoms with Crippen molar-refractivity contribution in [2.45, 2.75) is 12.3 Å². The first-order valence-electron chi connectivity index (χ1n) is 10.2. The van der Waals surface area contributed by atoms with Crippen LogP contribution in [0.25, 0.3) is 22.3 Å². The molecular weight excluding hydrogens is 362 g/mol. The summed E-state index contributed by atoms with van der Waals surface area (Å²) < 4.78 is 0. The van der Waals surface area contributed by atoms with Crippen LogP contribution in [0.5, 0.6) is 0 Å². The van der Waals surface area contributed by atoms with Gasteiger partial charge in [0, 0.05) is 17.7 Å². The summed E-state index contributed by atoms with van der Waals surface area (Å²) in [6, 6.07) is 33.4. The first-order valence-corrected chi connectivity index (χ1v) is 10.2. The molecule has 0 saturated heterocycles. The Morgan fingerprint density at radius 1 is 0.733 bits per heavy atom. The smallest absolute Gasteiger partial charge is 0.0711 e. The van der Waals surface area contributed by atoms with Crippen LogP contribution in [-0.4, -0.2) is 5.71 Å². The molecule has 0 amide bonds. The molecule has 30 heavy (non-hydrogen) atoms. The summed E-state index contributed by atoms with van der Waals surface area (Å²) >= 11 is 0. The lowest BCUT2D eigenvalue weighted by Gasteiger charge is -2.12. The van der Waals surface area contributed by atoms with Crippen LogP contribution in [0.15, 0.2) is 97.1 Å². The third-order valence-electron chi connectivity index (χ3n) is 5.88. The van der Waals surface area contributed by atoms with Gasteiger partial charge in [0.15, 0.2) is 0 Å². The van der Waals surface area contributed by atoms with E-state index in [-0.39, 0.29) is 5.92 Å². The first-order chi connectivity index (χ1) is 14.8. The molecule has 0 aromatic heterocycles. The normalized spacial score (nSPS) is 13.9. The summed E-state index contributed by atoms with van der Waals surface area (Å²) in [7, 11) is 0. The van der Waals surface area contributed by atoms with Crippen molar-refractivity contribution in [2.24, 2.45) is 0 Å². The highest BCUT2D eigenvalue weighted by Crippen LogP contribution is 2.46. The number of terminal acetylenes is 1. The Labute approximate surface area is 177 Å². The van der Waals surface area contributed by atoms with Gasteiger partial charge in [0.2, 0.25) is 0 Å². The van der Waals surface area contributed by atoms with Crippen molar-refractivity contribution in [2.75, 3.05) is 0 Å². The minimum Gasteiger partial charge on any atom is -0.304 e. The van der Waals surface area contributed by atoms with Gasteiger partial charge in [-0.2, -0.15) is 0 Å². The molecule has 0 heterocycles. The zero-order valence-electron chi connectivity index (χ0n) is 16.6. The molecule has 5 rings (SSSR count). The van der Waals surface area contributed by atoms with Gasteiger partial charge in [-0.25, -0.2) is 0 Å². The fourth-order valence-electron chi connectivity index (χ4n) is 4.43. The Morgan fingerprint density at radius 3 is 2.17 bits per heavy atom. The van der Waals surface area contributed by atoms with Gasteiger partial charge >= 0.3 is 0 Å². The Morgan fingerprint density at radius 2 is 1.40 bits per heavy atom. The van der Waals surface area contributed by atoms with Crippen molar-refractivity contribution >= 4 is 5.71 Å². The molecule has 0 spiro atoms. The first kappa shape index (κ1) is 18.2. The molecule has 1 N–H and O–H groups in total. The largest absolute Gasteiger partial charge is 0.304 e. The van der Waals surface area contributed by atoms with Crippen LogP contribution in [0.3, 0.4) is 0 Å². The third kappa shape index (κ3) is 3.04. The molecule has 0 bridgehead atoms. The molecule has 1 aliphatic rings. The molecule has 1 nitrogen and oxygen atoms in total. The maximum Gasteiger partial charge on any atom is 0.0711 e. The van der Waals surface area contributed by atoms with Gasteiger partial charge < -0.3 is 5.41 Å². The highest BCUT2D eigenvalue weighted by Gasteiger charge is 2.29. The quantitative estimate of drug-likeness (QED) is 0.299. The topological polar surface area (TPSA) is 23.9 Å². The van der Waals surface area contributed by atoms with Crippen molar-refractivity contribution < 1.29 is 0 Å². The van der Waals surface area contributed by atoms with Crippen LogP contribution in [-0.2, 0) is 6.42 Å². The zero-order chi connectivity index (χ0) is 20.5. The number of benzene rings is 4. The monoisotopic (exact) mass is 383 g/mol. The number of hydrogen-bond acceptors (Lipinski definition) is 1. The van der Waals surface area contributed by atoms with Gasteiger partial charge in [-0.15, -0.1) is 6.42 Å². The summed E-state index contributed by atoms with van der Waals surface area (Å²) in [6.45, 7) is 0. The average Bonchev–Trinajstić information content (AvgIpc) is 3.14. The van der Waals surface area contributed by atoms with Crippen molar-refractivity contribution in [3.05, 3.63) is 119 Å². The van der Waals surface area contributed by atoms with Crippen molar-refractivity contribution in [1.29, 1.82) is 5.41 Å². The van der Waals surface area contributed by atoms with E-state index in [1.54, 1.807) is 0 Å². The fraction of sp³-hybridized carbons (Fsp3) is 0.0690. The molecule has 4 aromatic carbocycles. The standard InChI is InChI=1S/C29H21N/c1-2-23-24-11-6-7-12-26(24)29-25(23)13-8-14-27(29)28(30)19-20-15-17-22(18-16-20)21-9-4-3-5-10-21/h1,3-18,23,30H,19H2. The molecule has 1 atom stereocenters. The molecule has 0 radical (unpaired) electrons. The summed E-state index contributed by atoms with van der Waals surface area (Å²) in [4.78, 5) is 0. The van der Waals surface area contributed by atoms with Gasteiger partial charge in [0.25, 0.3) is 0 Å². The Kier molecular flexibility index (Phi) is 4.54. The Bertz CT molecular complexity index is 1270. The molecule has 0 fully saturated rings. The van der Waals surface area contributed by atoms with Crippen molar-refractivity contribution in [3.8, 4) is 34.6 Å². The second-order valence-electron chi connectivity index (χ2n) is 7.68. The average molecular weight is 383 g/mol. The lowest BCUT2D eigenvalue weighted by molar-refractivity contribution is 1.11. The van der Waals surface area contributed by atoms with Gasteiger partial charge in [-0.3, -0.25) is 0 Å². The van der Waals surface area contributed by atoms with Gasteiger partial charge in [-0.05, 0) is 38.9 Å². The van der Waals surface area contributed by atoms with Crippen LogP contribution >= 0.6 is 0 Å². The van der Waals surface area contributed by atoms with E-state index in [1.807, 2.05) is 24.3 Å². The minimum absolute atomic E-state index is 0.0332. The molecule has 4 aromatic rings. The minimum atomic E-state index is -0.0332. The maximum absolute atomic E-state index is 8.87. The summed E-state index contributed by atoms with van der Waals surface area (Å²) in [5.74, 6) is 2.91. The summed E-state index contributed by atoms with van der Waals surface area (Å²) in [5, 5.41) is 8.87. The summed E-state index contributed by atoms with van der Waals surface area (Å²) in [5.41, 5.74) is 9.72. The van der Waals surface area contributed by atoms with Crippen molar-refractivity contribution in [3.63, 3.8) is 0 Å². The highest BCUT2D eigenvalue weighted by molar-refractivity contribution is 6.07. The highest BCUT2D eigenvalue weighted by atomic mass is 14.4. The van der Waals surface area contributed by atoms with Crippen LogP contribution < -0.4 is 0 Å². The Balaban J connectivity index is 1.47. The van der Waals surface area contributed by atoms with E-state index in [0.29, 0.717) is 12.1 Å². The van der Waals surface area contributed by atoms with Gasteiger partial charge in [-0.1, -0.05) is 103 Å². The van der Waals surface area contributed by atoms with Gasteiger partial charge in [0.05, 0.1) is 5.92 Å². The number of nitrogens with one attached hydrogen (secondary N) is 1. The van der Waals surface area contributed by atoms with Gasteiger partial charge in [0.1, 0.15) is 0 Å². The second-order valence-corrected chi connectivity index (χ2v) is 7.68. The molecule has 0 aliphatic heterocycles. The van der Waals surface area contributed by atoms with Crippen LogP contribution in [0.4, 0.5) is 0 Å². The second kappa shape index (κ2) is 7.50. The maximum atomic E-state index is 8.87. The molecule has 0 saturated carbocycles. The molecule has 1 heteroatoms. The van der Waals surface area contributed by atoms with E-state index >= 15 is 0 Å². The predicted octanol–water partition coefficient (Wildman–Crippen LogP) is 6.71. The van der Waals surface area contributed by atoms with Crippen LogP contribution in [0.1, 0.15) is 28.2 Å². The fourth-order valence-corrected chi connectivity index (χ4v) is 4.43. The van der Waals surface area contributed by atoms with Crippen LogP contribution in [0, 0.1) is 17.8 Å². The Hall–Kier alpha value is -3.89. The number of rotatable bonds is 4. The lowest BCUT2D eigenvalue weighted by Crippen LogP contribution is -2.06. The molecule has 1 unspecified atom stereocenters. The van der Waals surface area contributed by atoms with E-state index in [9.17, 15) is 0 Å². The van der Waals surface area contributed by atoms with Crippen molar-refractivity contribution in [1.82, 2.24) is 0 Å². The van der Waals surface area contributed by atoms with E-state index in [0.717, 1.165) is 27.8 Å². The molecular formula is C29H21N. The third-order valence-corrected chi connectivity index (χ3v) is 5.88. The molecule has 142 valence electrons. The van der Waals surface area contributed by atoms with Crippen LogP contribution in [0.2, 0.25) is 0 Å². The van der Waals surface area contributed by atoms with E-state index in [2.05, 4.69) is 78.7 Å². The lowest BCUT2D eigenvalue weighted by atomic mass is 9.92. The number of hydrogen-bond donors (Lipinski definition) is 1. The van der Waals surface area contributed by atoms with E-state index < -0.39 is 0 Å². The van der Waals surface area contributed by atoms with E-state index in [4.69, 9.17) is 11.8 Å². The SMILES string of the molecule is C#CC1c2ccccc2-c2c(C(=N)Cc3ccc(-c4ccccc4)cc3)cccc21. The zero-order valence-corrected chi connectivity index (χ0v) is 16.6. The number of fused-ring (bicyclic) bond motifs is 3. The van der Waals surface area contributed by atoms with E-state index in [1.165, 1.54) is 16.7 Å².